The molecule has 1 aliphatic heterocycles. The minimum absolute atomic E-state index is 0.103. The lowest BCUT2D eigenvalue weighted by molar-refractivity contribution is 0.0120. The average molecular weight is 277 g/mol. The zero-order valence-electron chi connectivity index (χ0n) is 10.7. The van der Waals surface area contributed by atoms with Crippen molar-refractivity contribution in [2.45, 2.75) is 12.3 Å². The highest BCUT2D eigenvalue weighted by Gasteiger charge is 2.40. The smallest absolute Gasteiger partial charge is 0.267 e. The number of furan rings is 1. The number of carbonyl (C=O) groups excluding carboxylic acids is 1. The monoisotopic (exact) mass is 277 g/mol. The standard InChI is InChI=1S/C15H13F2NO2/c16-15(17)7-8-18(10-15)14(19)12-5-3-11(4-6-12)13-2-1-9-20-13/h1-6,9H,7-8,10H2. The largest absolute Gasteiger partial charge is 0.464 e. The van der Waals surface area contributed by atoms with Gasteiger partial charge in [0.2, 0.25) is 0 Å². The Morgan fingerprint density at radius 3 is 2.50 bits per heavy atom. The van der Waals surface area contributed by atoms with Crippen LogP contribution in [0.3, 0.4) is 0 Å². The summed E-state index contributed by atoms with van der Waals surface area (Å²) in [6.45, 7) is -0.391. The van der Waals surface area contributed by atoms with Crippen molar-refractivity contribution in [3.8, 4) is 11.3 Å². The van der Waals surface area contributed by atoms with Crippen LogP contribution in [0.2, 0.25) is 0 Å². The molecular formula is C15H13F2NO2. The highest BCUT2D eigenvalue weighted by Crippen LogP contribution is 2.28. The predicted octanol–water partition coefficient (Wildman–Crippen LogP) is 3.43. The second-order valence-corrected chi connectivity index (χ2v) is 4.89. The van der Waals surface area contributed by atoms with E-state index < -0.39 is 12.5 Å². The Morgan fingerprint density at radius 2 is 1.95 bits per heavy atom. The van der Waals surface area contributed by atoms with Crippen LogP contribution in [0.4, 0.5) is 8.78 Å². The molecule has 2 aromatic rings. The van der Waals surface area contributed by atoms with Crippen molar-refractivity contribution >= 4 is 5.91 Å². The van der Waals surface area contributed by atoms with Gasteiger partial charge in [0.05, 0.1) is 12.8 Å². The minimum atomic E-state index is -2.76. The molecule has 5 heteroatoms. The maximum absolute atomic E-state index is 13.1. The third kappa shape index (κ3) is 2.43. The third-order valence-electron chi connectivity index (χ3n) is 3.39. The van der Waals surface area contributed by atoms with Crippen LogP contribution in [0, 0.1) is 0 Å². The molecule has 20 heavy (non-hydrogen) atoms. The number of amides is 1. The van der Waals surface area contributed by atoms with E-state index in [1.807, 2.05) is 6.07 Å². The summed E-state index contributed by atoms with van der Waals surface area (Å²) in [4.78, 5) is 13.3. The van der Waals surface area contributed by atoms with Crippen LogP contribution in [0.5, 0.6) is 0 Å². The molecule has 1 aromatic carbocycles. The van der Waals surface area contributed by atoms with E-state index in [9.17, 15) is 13.6 Å². The summed E-state index contributed by atoms with van der Waals surface area (Å²) in [5, 5.41) is 0. The number of likely N-dealkylation sites (tertiary alicyclic amines) is 1. The van der Waals surface area contributed by atoms with Gasteiger partial charge in [-0.15, -0.1) is 0 Å². The van der Waals surface area contributed by atoms with E-state index in [0.717, 1.165) is 5.56 Å². The molecule has 1 aliphatic rings. The van der Waals surface area contributed by atoms with Crippen LogP contribution >= 0.6 is 0 Å². The van der Waals surface area contributed by atoms with Gasteiger partial charge in [-0.2, -0.15) is 0 Å². The fourth-order valence-electron chi connectivity index (χ4n) is 2.31. The van der Waals surface area contributed by atoms with Crippen molar-refractivity contribution in [2.24, 2.45) is 0 Å². The van der Waals surface area contributed by atoms with Gasteiger partial charge in [-0.1, -0.05) is 12.1 Å². The number of halogens is 2. The van der Waals surface area contributed by atoms with Crippen molar-refractivity contribution in [3.63, 3.8) is 0 Å². The first kappa shape index (κ1) is 12.8. The van der Waals surface area contributed by atoms with Crippen LogP contribution in [-0.4, -0.2) is 29.8 Å². The molecule has 0 saturated carbocycles. The molecule has 0 radical (unpaired) electrons. The lowest BCUT2D eigenvalue weighted by Crippen LogP contribution is -2.31. The van der Waals surface area contributed by atoms with E-state index in [1.165, 1.54) is 4.90 Å². The molecule has 0 bridgehead atoms. The average Bonchev–Trinajstić information content (AvgIpc) is 3.07. The summed E-state index contributed by atoms with van der Waals surface area (Å²) in [5.74, 6) is -2.41. The molecule has 0 aliphatic carbocycles. The lowest BCUT2D eigenvalue weighted by atomic mass is 10.1. The molecule has 0 atom stereocenters. The molecule has 1 fully saturated rings. The minimum Gasteiger partial charge on any atom is -0.464 e. The van der Waals surface area contributed by atoms with E-state index in [2.05, 4.69) is 0 Å². The van der Waals surface area contributed by atoms with Gasteiger partial charge in [0.1, 0.15) is 5.76 Å². The predicted molar refractivity (Wildman–Crippen MR) is 69.6 cm³/mol. The van der Waals surface area contributed by atoms with Crippen LogP contribution < -0.4 is 0 Å². The maximum Gasteiger partial charge on any atom is 0.267 e. The molecule has 1 aromatic heterocycles. The Hall–Kier alpha value is -2.17. The van der Waals surface area contributed by atoms with Gasteiger partial charge < -0.3 is 9.32 Å². The van der Waals surface area contributed by atoms with Gasteiger partial charge in [0, 0.05) is 24.1 Å². The fraction of sp³-hybridized carbons (Fsp3) is 0.267. The van der Waals surface area contributed by atoms with E-state index in [4.69, 9.17) is 4.42 Å². The number of hydrogen-bond acceptors (Lipinski definition) is 2. The summed E-state index contributed by atoms with van der Waals surface area (Å²) >= 11 is 0. The molecule has 1 saturated heterocycles. The van der Waals surface area contributed by atoms with E-state index >= 15 is 0 Å². The first-order valence-electron chi connectivity index (χ1n) is 6.36. The first-order valence-corrected chi connectivity index (χ1v) is 6.36. The first-order chi connectivity index (χ1) is 9.55. The number of nitrogens with zero attached hydrogens (tertiary/aromatic N) is 1. The van der Waals surface area contributed by atoms with E-state index in [0.29, 0.717) is 11.3 Å². The number of alkyl halides is 2. The van der Waals surface area contributed by atoms with Crippen LogP contribution in [0.15, 0.2) is 47.1 Å². The lowest BCUT2D eigenvalue weighted by Gasteiger charge is -2.16. The topological polar surface area (TPSA) is 33.5 Å². The Labute approximate surface area is 114 Å². The van der Waals surface area contributed by atoms with Crippen molar-refractivity contribution in [1.29, 1.82) is 0 Å². The van der Waals surface area contributed by atoms with E-state index in [1.54, 1.807) is 36.6 Å². The number of hydrogen-bond donors (Lipinski definition) is 0. The molecule has 3 nitrogen and oxygen atoms in total. The molecule has 3 rings (SSSR count). The molecule has 0 N–H and O–H groups in total. The molecular weight excluding hydrogens is 264 g/mol. The van der Waals surface area contributed by atoms with Gasteiger partial charge in [-0.25, -0.2) is 8.78 Å². The van der Waals surface area contributed by atoms with Gasteiger partial charge in [-0.3, -0.25) is 4.79 Å². The summed E-state index contributed by atoms with van der Waals surface area (Å²) < 4.78 is 31.5. The number of rotatable bonds is 2. The number of benzene rings is 1. The van der Waals surface area contributed by atoms with Crippen LogP contribution in [0.25, 0.3) is 11.3 Å². The quantitative estimate of drug-likeness (QED) is 0.842. The third-order valence-corrected chi connectivity index (χ3v) is 3.39. The van der Waals surface area contributed by atoms with Crippen molar-refractivity contribution in [2.75, 3.05) is 13.1 Å². The second-order valence-electron chi connectivity index (χ2n) is 4.89. The highest BCUT2D eigenvalue weighted by molar-refractivity contribution is 5.94. The van der Waals surface area contributed by atoms with Crippen molar-refractivity contribution in [1.82, 2.24) is 4.90 Å². The Kier molecular flexibility index (Phi) is 3.04. The van der Waals surface area contributed by atoms with Gasteiger partial charge >= 0.3 is 0 Å². The Balaban J connectivity index is 1.76. The normalized spacial score (nSPS) is 17.4. The van der Waals surface area contributed by atoms with Crippen molar-refractivity contribution < 1.29 is 18.0 Å². The summed E-state index contributed by atoms with van der Waals surface area (Å²) in [7, 11) is 0. The molecule has 1 amide bonds. The van der Waals surface area contributed by atoms with Gasteiger partial charge in [0.25, 0.3) is 11.8 Å². The van der Waals surface area contributed by atoms with Gasteiger partial charge in [0.15, 0.2) is 0 Å². The Morgan fingerprint density at radius 1 is 1.20 bits per heavy atom. The van der Waals surface area contributed by atoms with Crippen LogP contribution in [-0.2, 0) is 0 Å². The zero-order chi connectivity index (χ0) is 14.2. The zero-order valence-corrected chi connectivity index (χ0v) is 10.7. The Bertz CT molecular complexity index is 605. The molecule has 0 spiro atoms. The summed E-state index contributed by atoms with van der Waals surface area (Å²) in [5.41, 5.74) is 1.26. The second kappa shape index (κ2) is 4.74. The summed E-state index contributed by atoms with van der Waals surface area (Å²) in [6.07, 6.45) is 1.31. The highest BCUT2D eigenvalue weighted by atomic mass is 19.3. The van der Waals surface area contributed by atoms with E-state index in [-0.39, 0.29) is 18.9 Å². The number of carbonyl (C=O) groups is 1. The van der Waals surface area contributed by atoms with Gasteiger partial charge in [-0.05, 0) is 24.3 Å². The maximum atomic E-state index is 13.1. The molecule has 2 heterocycles. The van der Waals surface area contributed by atoms with Crippen molar-refractivity contribution in [3.05, 3.63) is 48.2 Å². The van der Waals surface area contributed by atoms with Crippen LogP contribution in [0.1, 0.15) is 16.8 Å². The molecule has 0 unspecified atom stereocenters. The SMILES string of the molecule is O=C(c1ccc(-c2ccco2)cc1)N1CCC(F)(F)C1. The summed E-state index contributed by atoms with van der Waals surface area (Å²) in [6, 6.07) is 10.4. The fourth-order valence-corrected chi connectivity index (χ4v) is 2.31. The molecule has 104 valence electrons.